The Morgan fingerprint density at radius 2 is 1.68 bits per heavy atom. The van der Waals surface area contributed by atoms with Crippen LogP contribution < -0.4 is 11.4 Å². The fourth-order valence-corrected chi connectivity index (χ4v) is 4.86. The number of benzene rings is 3. The second kappa shape index (κ2) is 10.0. The lowest BCUT2D eigenvalue weighted by atomic mass is 9.89. The lowest BCUT2D eigenvalue weighted by molar-refractivity contribution is 0.0342. The molecule has 5 rings (SSSR count). The summed E-state index contributed by atoms with van der Waals surface area (Å²) in [5.74, 6) is 0. The molecule has 2 N–H and O–H groups in total. The largest absolute Gasteiger partial charge is 0.423 e. The molecule has 1 aromatic heterocycles. The number of hydrogen-bond donors (Lipinski definition) is 1. The maximum Gasteiger partial charge on any atom is 0.336 e. The summed E-state index contributed by atoms with van der Waals surface area (Å²) in [5, 5.41) is 0.943. The van der Waals surface area contributed by atoms with Crippen LogP contribution in [-0.2, 0) is 11.3 Å². The van der Waals surface area contributed by atoms with Crippen LogP contribution in [0.5, 0.6) is 0 Å². The van der Waals surface area contributed by atoms with Crippen LogP contribution in [-0.4, -0.2) is 31.2 Å². The first kappa shape index (κ1) is 24.0. The molecular weight excluding hydrogens is 448 g/mol. The van der Waals surface area contributed by atoms with Gasteiger partial charge in [0.1, 0.15) is 5.58 Å². The molecule has 0 amide bonds. The maximum absolute atomic E-state index is 12.3. The van der Waals surface area contributed by atoms with Gasteiger partial charge in [0, 0.05) is 42.3 Å². The van der Waals surface area contributed by atoms with Crippen molar-refractivity contribution in [2.24, 2.45) is 0 Å². The van der Waals surface area contributed by atoms with E-state index in [2.05, 4.69) is 43.0 Å². The zero-order valence-corrected chi connectivity index (χ0v) is 20.3. The SMILES string of the molecule is Cc1cc2oc(=O)cc(-c3cccc(N)c3)c2c(C)c1-c1ccc(CN2CCOCC2)cc1.Cl. The molecular formula is C28H29ClN2O3. The standard InChI is InChI=1S/C28H28N2O3.ClH/c1-18-14-25-28(24(16-26(31)33-25)22-4-3-5-23(29)15-22)19(2)27(18)21-8-6-20(7-9-21)17-30-10-12-32-13-11-30;/h3-9,14-16H,10-13,17,29H2,1-2H3;1H. The lowest BCUT2D eigenvalue weighted by Gasteiger charge is -2.26. The van der Waals surface area contributed by atoms with Crippen LogP contribution in [0, 0.1) is 13.8 Å². The van der Waals surface area contributed by atoms with Gasteiger partial charge in [-0.1, -0.05) is 36.4 Å². The third-order valence-electron chi connectivity index (χ3n) is 6.43. The van der Waals surface area contributed by atoms with Crippen molar-refractivity contribution in [3.63, 3.8) is 0 Å². The summed E-state index contributed by atoms with van der Waals surface area (Å²) < 4.78 is 11.1. The van der Waals surface area contributed by atoms with Gasteiger partial charge in [0.05, 0.1) is 13.2 Å². The smallest absolute Gasteiger partial charge is 0.336 e. The highest BCUT2D eigenvalue weighted by molar-refractivity contribution is 6.00. The number of nitrogens with two attached hydrogens (primary N) is 1. The van der Waals surface area contributed by atoms with E-state index < -0.39 is 0 Å². The minimum Gasteiger partial charge on any atom is -0.423 e. The third kappa shape index (κ3) is 4.73. The van der Waals surface area contributed by atoms with Crippen molar-refractivity contribution < 1.29 is 9.15 Å². The van der Waals surface area contributed by atoms with Crippen LogP contribution in [0.2, 0.25) is 0 Å². The molecule has 34 heavy (non-hydrogen) atoms. The average molecular weight is 477 g/mol. The maximum atomic E-state index is 12.3. The first-order valence-electron chi connectivity index (χ1n) is 11.3. The number of nitrogen functional groups attached to an aromatic ring is 1. The van der Waals surface area contributed by atoms with Gasteiger partial charge in [-0.25, -0.2) is 4.79 Å². The molecule has 0 aliphatic carbocycles. The van der Waals surface area contributed by atoms with Crippen molar-refractivity contribution in [1.29, 1.82) is 0 Å². The van der Waals surface area contributed by atoms with Crippen LogP contribution in [0.1, 0.15) is 16.7 Å². The minimum atomic E-state index is -0.362. The summed E-state index contributed by atoms with van der Waals surface area (Å²) in [4.78, 5) is 14.8. The van der Waals surface area contributed by atoms with E-state index in [1.165, 1.54) is 11.1 Å². The Morgan fingerprint density at radius 1 is 0.941 bits per heavy atom. The zero-order chi connectivity index (χ0) is 22.9. The molecule has 1 aliphatic heterocycles. The summed E-state index contributed by atoms with van der Waals surface area (Å²) in [5.41, 5.74) is 14.5. The summed E-state index contributed by atoms with van der Waals surface area (Å²) in [6.07, 6.45) is 0. The molecule has 0 unspecified atom stereocenters. The minimum absolute atomic E-state index is 0. The molecule has 0 radical (unpaired) electrons. The quantitative estimate of drug-likeness (QED) is 0.307. The molecule has 0 spiro atoms. The molecule has 1 fully saturated rings. The van der Waals surface area contributed by atoms with E-state index in [0.29, 0.717) is 11.3 Å². The van der Waals surface area contributed by atoms with Gasteiger partial charge in [-0.15, -0.1) is 12.4 Å². The Hall–Kier alpha value is -3.12. The number of rotatable bonds is 4. The summed E-state index contributed by atoms with van der Waals surface area (Å²) in [6, 6.07) is 19.9. The van der Waals surface area contributed by atoms with Gasteiger partial charge < -0.3 is 14.9 Å². The molecule has 176 valence electrons. The van der Waals surface area contributed by atoms with Crippen molar-refractivity contribution in [3.05, 3.63) is 87.8 Å². The van der Waals surface area contributed by atoms with Crippen molar-refractivity contribution in [2.45, 2.75) is 20.4 Å². The average Bonchev–Trinajstić information content (AvgIpc) is 2.80. The molecule has 1 aliphatic rings. The van der Waals surface area contributed by atoms with Gasteiger partial charge in [-0.3, -0.25) is 4.90 Å². The summed E-state index contributed by atoms with van der Waals surface area (Å²) in [7, 11) is 0. The molecule has 1 saturated heterocycles. The van der Waals surface area contributed by atoms with E-state index >= 15 is 0 Å². The monoisotopic (exact) mass is 476 g/mol. The van der Waals surface area contributed by atoms with E-state index in [-0.39, 0.29) is 18.0 Å². The highest BCUT2D eigenvalue weighted by Gasteiger charge is 2.17. The van der Waals surface area contributed by atoms with Crippen LogP contribution in [0.15, 0.2) is 69.9 Å². The van der Waals surface area contributed by atoms with Crippen LogP contribution in [0.3, 0.4) is 0 Å². The lowest BCUT2D eigenvalue weighted by Crippen LogP contribution is -2.35. The number of morpholine rings is 1. The number of fused-ring (bicyclic) bond motifs is 1. The number of halogens is 1. The Kier molecular flexibility index (Phi) is 7.08. The summed E-state index contributed by atoms with van der Waals surface area (Å²) in [6.45, 7) is 8.66. The number of hydrogen-bond acceptors (Lipinski definition) is 5. The zero-order valence-electron chi connectivity index (χ0n) is 19.5. The molecule has 3 aromatic carbocycles. The van der Waals surface area contributed by atoms with Crippen LogP contribution in [0.25, 0.3) is 33.2 Å². The fourth-order valence-electron chi connectivity index (χ4n) is 4.86. The normalized spacial score (nSPS) is 14.2. The van der Waals surface area contributed by atoms with Crippen molar-refractivity contribution >= 4 is 29.1 Å². The summed E-state index contributed by atoms with van der Waals surface area (Å²) >= 11 is 0. The van der Waals surface area contributed by atoms with Crippen LogP contribution in [0.4, 0.5) is 5.69 Å². The molecule has 0 bridgehead atoms. The van der Waals surface area contributed by atoms with Gasteiger partial charge in [-0.2, -0.15) is 0 Å². The predicted octanol–water partition coefficient (Wildman–Crippen LogP) is 5.58. The van der Waals surface area contributed by atoms with E-state index in [1.54, 1.807) is 6.07 Å². The number of anilines is 1. The molecule has 5 nitrogen and oxygen atoms in total. The van der Waals surface area contributed by atoms with E-state index in [0.717, 1.165) is 66.1 Å². The van der Waals surface area contributed by atoms with Crippen molar-refractivity contribution in [3.8, 4) is 22.3 Å². The first-order chi connectivity index (χ1) is 16.0. The molecule has 0 atom stereocenters. The van der Waals surface area contributed by atoms with Crippen molar-refractivity contribution in [2.75, 3.05) is 32.0 Å². The van der Waals surface area contributed by atoms with Gasteiger partial charge >= 0.3 is 5.63 Å². The fraction of sp³-hybridized carbons (Fsp3) is 0.250. The van der Waals surface area contributed by atoms with Crippen molar-refractivity contribution in [1.82, 2.24) is 4.90 Å². The number of nitrogens with zero attached hydrogens (tertiary/aromatic N) is 1. The molecule has 6 heteroatoms. The third-order valence-corrected chi connectivity index (χ3v) is 6.43. The molecule has 2 heterocycles. The van der Waals surface area contributed by atoms with E-state index in [4.69, 9.17) is 14.9 Å². The van der Waals surface area contributed by atoms with Gasteiger partial charge in [-0.05, 0) is 65.4 Å². The predicted molar refractivity (Wildman–Crippen MR) is 141 cm³/mol. The highest BCUT2D eigenvalue weighted by atomic mass is 35.5. The Morgan fingerprint density at radius 3 is 2.38 bits per heavy atom. The Labute approximate surface area is 205 Å². The molecule has 4 aromatic rings. The van der Waals surface area contributed by atoms with E-state index in [1.807, 2.05) is 30.3 Å². The second-order valence-corrected chi connectivity index (χ2v) is 8.76. The number of ether oxygens (including phenoxy) is 1. The number of aryl methyl sites for hydroxylation is 2. The van der Waals surface area contributed by atoms with E-state index in [9.17, 15) is 4.79 Å². The Balaban J connectivity index is 0.00000274. The molecule has 0 saturated carbocycles. The second-order valence-electron chi connectivity index (χ2n) is 8.76. The topological polar surface area (TPSA) is 68.7 Å². The Bertz CT molecular complexity index is 1370. The van der Waals surface area contributed by atoms with Gasteiger partial charge in [0.2, 0.25) is 0 Å². The highest BCUT2D eigenvalue weighted by Crippen LogP contribution is 2.38. The van der Waals surface area contributed by atoms with Crippen LogP contribution >= 0.6 is 12.4 Å². The van der Waals surface area contributed by atoms with Gasteiger partial charge in [0.15, 0.2) is 0 Å². The first-order valence-corrected chi connectivity index (χ1v) is 11.3. The van der Waals surface area contributed by atoms with Gasteiger partial charge in [0.25, 0.3) is 0 Å².